The van der Waals surface area contributed by atoms with Crippen molar-refractivity contribution in [1.82, 2.24) is 4.90 Å². The van der Waals surface area contributed by atoms with Gasteiger partial charge in [-0.1, -0.05) is 54.6 Å². The Hall–Kier alpha value is -3.64. The molecule has 0 saturated heterocycles. The molecule has 164 valence electrons. The number of hydrogen-bond donors (Lipinski definition) is 1. The predicted octanol–water partition coefficient (Wildman–Crippen LogP) is 4.26. The Balaban J connectivity index is 1.80. The summed E-state index contributed by atoms with van der Waals surface area (Å²) in [5, 5.41) is 3.03. The number of anilines is 1. The maximum Gasteiger partial charge on any atom is 0.254 e. The minimum atomic E-state index is -0.589. The zero-order chi connectivity index (χ0) is 22.5. The quantitative estimate of drug-likeness (QED) is 0.608. The van der Waals surface area contributed by atoms with Crippen LogP contribution in [0, 0.1) is 0 Å². The van der Waals surface area contributed by atoms with Crippen molar-refractivity contribution in [3.05, 3.63) is 95.6 Å². The van der Waals surface area contributed by atoms with Crippen LogP contribution < -0.4 is 10.1 Å². The molecule has 1 heterocycles. The zero-order valence-electron chi connectivity index (χ0n) is 18.2. The van der Waals surface area contributed by atoms with Gasteiger partial charge >= 0.3 is 0 Å². The second-order valence-electron chi connectivity index (χ2n) is 7.63. The van der Waals surface area contributed by atoms with Crippen molar-refractivity contribution in [3.63, 3.8) is 0 Å². The van der Waals surface area contributed by atoms with Gasteiger partial charge in [-0.15, -0.1) is 0 Å². The predicted molar refractivity (Wildman–Crippen MR) is 123 cm³/mol. The number of carbonyl (C=O) groups is 2. The Kier molecular flexibility index (Phi) is 6.52. The molecule has 0 radical (unpaired) electrons. The van der Waals surface area contributed by atoms with Crippen molar-refractivity contribution in [2.75, 3.05) is 32.7 Å². The molecule has 3 aromatic carbocycles. The highest BCUT2D eigenvalue weighted by atomic mass is 16.5. The second-order valence-corrected chi connectivity index (χ2v) is 7.63. The van der Waals surface area contributed by atoms with Crippen molar-refractivity contribution in [2.45, 2.75) is 12.0 Å². The number of rotatable bonds is 7. The van der Waals surface area contributed by atoms with E-state index in [-0.39, 0.29) is 11.8 Å². The Morgan fingerprint density at radius 2 is 1.72 bits per heavy atom. The molecule has 4 rings (SSSR count). The van der Waals surface area contributed by atoms with E-state index in [1.54, 1.807) is 31.3 Å². The largest absolute Gasteiger partial charge is 0.497 e. The van der Waals surface area contributed by atoms with Gasteiger partial charge in [-0.25, -0.2) is 0 Å². The molecule has 0 bridgehead atoms. The van der Waals surface area contributed by atoms with Gasteiger partial charge in [0.25, 0.3) is 5.91 Å². The van der Waals surface area contributed by atoms with Gasteiger partial charge in [-0.3, -0.25) is 9.59 Å². The number of hydrogen-bond acceptors (Lipinski definition) is 4. The highest BCUT2D eigenvalue weighted by molar-refractivity contribution is 6.04. The van der Waals surface area contributed by atoms with Crippen LogP contribution in [0.1, 0.15) is 33.4 Å². The first-order chi connectivity index (χ1) is 15.6. The van der Waals surface area contributed by atoms with Crippen molar-refractivity contribution >= 4 is 17.5 Å². The van der Waals surface area contributed by atoms with E-state index in [2.05, 4.69) is 5.32 Å². The number of methoxy groups -OCH3 is 2. The van der Waals surface area contributed by atoms with E-state index in [4.69, 9.17) is 9.47 Å². The average Bonchev–Trinajstić information content (AvgIpc) is 2.84. The molecule has 1 aliphatic rings. The lowest BCUT2D eigenvalue weighted by atomic mass is 9.79. The smallest absolute Gasteiger partial charge is 0.254 e. The van der Waals surface area contributed by atoms with Crippen molar-refractivity contribution in [2.24, 2.45) is 0 Å². The van der Waals surface area contributed by atoms with Crippen LogP contribution >= 0.6 is 0 Å². The monoisotopic (exact) mass is 430 g/mol. The molecule has 6 heteroatoms. The third-order valence-electron chi connectivity index (χ3n) is 5.74. The van der Waals surface area contributed by atoms with Crippen molar-refractivity contribution in [1.29, 1.82) is 0 Å². The first-order valence-corrected chi connectivity index (χ1v) is 10.5. The molecule has 0 spiro atoms. The summed E-state index contributed by atoms with van der Waals surface area (Å²) in [6.07, 6.45) is 0. The van der Waals surface area contributed by atoms with Crippen LogP contribution in [0.2, 0.25) is 0 Å². The first kappa shape index (κ1) is 21.6. The van der Waals surface area contributed by atoms with Crippen LogP contribution in [-0.4, -0.2) is 44.1 Å². The van der Waals surface area contributed by atoms with Gasteiger partial charge < -0.3 is 19.7 Å². The highest BCUT2D eigenvalue weighted by Gasteiger charge is 2.43. The molecular weight excluding hydrogens is 404 g/mol. The van der Waals surface area contributed by atoms with E-state index < -0.39 is 12.0 Å². The third kappa shape index (κ3) is 4.22. The lowest BCUT2D eigenvalue weighted by Crippen LogP contribution is -2.47. The van der Waals surface area contributed by atoms with E-state index >= 15 is 0 Å². The summed E-state index contributed by atoms with van der Waals surface area (Å²) < 4.78 is 10.6. The number of fused-ring (bicyclic) bond motifs is 1. The van der Waals surface area contributed by atoms with E-state index in [0.717, 1.165) is 11.1 Å². The summed E-state index contributed by atoms with van der Waals surface area (Å²) in [5.41, 5.74) is 2.80. The van der Waals surface area contributed by atoms with Crippen LogP contribution in [0.3, 0.4) is 0 Å². The molecule has 0 saturated carbocycles. The lowest BCUT2D eigenvalue weighted by molar-refractivity contribution is -0.119. The van der Waals surface area contributed by atoms with Gasteiger partial charge in [0, 0.05) is 31.0 Å². The van der Waals surface area contributed by atoms with E-state index in [0.29, 0.717) is 30.2 Å². The van der Waals surface area contributed by atoms with Crippen molar-refractivity contribution in [3.8, 4) is 5.75 Å². The zero-order valence-corrected chi connectivity index (χ0v) is 18.2. The number of nitrogens with one attached hydrogen (secondary N) is 1. The fourth-order valence-electron chi connectivity index (χ4n) is 4.25. The molecule has 6 nitrogen and oxygen atoms in total. The molecule has 2 atom stereocenters. The molecule has 3 aromatic rings. The van der Waals surface area contributed by atoms with Crippen molar-refractivity contribution < 1.29 is 19.1 Å². The van der Waals surface area contributed by atoms with Crippen LogP contribution in [0.5, 0.6) is 5.75 Å². The molecular formula is C26H26N2O4. The molecule has 1 aliphatic heterocycles. The maximum atomic E-state index is 13.7. The first-order valence-electron chi connectivity index (χ1n) is 10.5. The summed E-state index contributed by atoms with van der Waals surface area (Å²) in [6.45, 7) is 0.758. The minimum Gasteiger partial charge on any atom is -0.497 e. The van der Waals surface area contributed by atoms with Gasteiger partial charge in [0.15, 0.2) is 0 Å². The maximum absolute atomic E-state index is 13.7. The van der Waals surface area contributed by atoms with Crippen LogP contribution in [0.15, 0.2) is 78.9 Å². The summed E-state index contributed by atoms with van der Waals surface area (Å²) in [7, 11) is 3.19. The molecule has 0 aliphatic carbocycles. The number of nitrogens with zero attached hydrogens (tertiary/aromatic N) is 1. The van der Waals surface area contributed by atoms with Gasteiger partial charge in [0.1, 0.15) is 5.75 Å². The van der Waals surface area contributed by atoms with Crippen LogP contribution in [0.25, 0.3) is 0 Å². The Bertz CT molecular complexity index is 1100. The Morgan fingerprint density at radius 1 is 0.969 bits per heavy atom. The van der Waals surface area contributed by atoms with E-state index in [1.165, 1.54) is 0 Å². The lowest BCUT2D eigenvalue weighted by Gasteiger charge is -2.41. The molecule has 0 aromatic heterocycles. The number of ether oxygens (including phenoxy) is 2. The number of carbonyl (C=O) groups excluding carboxylic acids is 2. The highest BCUT2D eigenvalue weighted by Crippen LogP contribution is 2.43. The summed E-state index contributed by atoms with van der Waals surface area (Å²) in [5.74, 6) is -0.218. The van der Waals surface area contributed by atoms with Gasteiger partial charge in [0.05, 0.1) is 25.7 Å². The van der Waals surface area contributed by atoms with Crippen LogP contribution in [-0.2, 0) is 9.53 Å². The van der Waals surface area contributed by atoms with E-state index in [1.807, 2.05) is 66.7 Å². The van der Waals surface area contributed by atoms with Gasteiger partial charge in [-0.05, 0) is 29.3 Å². The Labute approximate surface area is 187 Å². The molecule has 32 heavy (non-hydrogen) atoms. The fraction of sp³-hybridized carbons (Fsp3) is 0.231. The van der Waals surface area contributed by atoms with Gasteiger partial charge in [-0.2, -0.15) is 0 Å². The van der Waals surface area contributed by atoms with Crippen LogP contribution in [0.4, 0.5) is 5.69 Å². The standard InChI is InChI=1S/C26H26N2O4/c1-31-16-15-28-24(18-9-4-3-5-10-18)23(21-13-6-7-14-22(21)26(28)30)25(29)27-19-11-8-12-20(17-19)32-2/h3-14,17,23-24H,15-16H2,1-2H3,(H,27,29). The summed E-state index contributed by atoms with van der Waals surface area (Å²) in [6, 6.07) is 23.8. The minimum absolute atomic E-state index is 0.100. The molecule has 0 fully saturated rings. The number of benzene rings is 3. The topological polar surface area (TPSA) is 67.9 Å². The fourth-order valence-corrected chi connectivity index (χ4v) is 4.25. The van der Waals surface area contributed by atoms with E-state index in [9.17, 15) is 9.59 Å². The second kappa shape index (κ2) is 9.66. The average molecular weight is 431 g/mol. The van der Waals surface area contributed by atoms with Gasteiger partial charge in [0.2, 0.25) is 5.91 Å². The Morgan fingerprint density at radius 3 is 2.47 bits per heavy atom. The summed E-state index contributed by atoms with van der Waals surface area (Å²) >= 11 is 0. The summed E-state index contributed by atoms with van der Waals surface area (Å²) in [4.78, 5) is 28.9. The normalized spacial score (nSPS) is 17.6. The third-order valence-corrected chi connectivity index (χ3v) is 5.74. The number of amides is 2. The molecule has 2 amide bonds. The SMILES string of the molecule is COCCN1C(=O)c2ccccc2C(C(=O)Nc2cccc(OC)c2)C1c1ccccc1. The molecule has 1 N–H and O–H groups in total. The molecule has 2 unspecified atom stereocenters.